The lowest BCUT2D eigenvalue weighted by Gasteiger charge is -2.41. The van der Waals surface area contributed by atoms with Crippen molar-refractivity contribution in [1.29, 1.82) is 0 Å². The summed E-state index contributed by atoms with van der Waals surface area (Å²) in [6, 6.07) is 0.209. The van der Waals surface area contributed by atoms with Gasteiger partial charge in [-0.25, -0.2) is 4.79 Å². The molecule has 2 rings (SSSR count). The summed E-state index contributed by atoms with van der Waals surface area (Å²) in [6.07, 6.45) is 2.08. The molecule has 1 spiro atoms. The van der Waals surface area contributed by atoms with Crippen molar-refractivity contribution in [2.45, 2.75) is 58.6 Å². The van der Waals surface area contributed by atoms with E-state index < -0.39 is 5.60 Å². The van der Waals surface area contributed by atoms with E-state index in [0.29, 0.717) is 19.5 Å². The number of hydrogen-bond acceptors (Lipinski definition) is 3. The van der Waals surface area contributed by atoms with Gasteiger partial charge < -0.3 is 15.0 Å². The first-order valence-corrected chi connectivity index (χ1v) is 6.99. The average Bonchev–Trinajstić information content (AvgIpc) is 2.52. The SMILES string of the molecule is CC1NC(=O)CC12CCN(C(=O)OC(C)(C)C)CC2. The predicted octanol–water partition coefficient (Wildman–Crippen LogP) is 1.91. The van der Waals surface area contributed by atoms with E-state index in [9.17, 15) is 9.59 Å². The molecule has 5 nitrogen and oxygen atoms in total. The van der Waals surface area contributed by atoms with Crippen molar-refractivity contribution >= 4 is 12.0 Å². The summed E-state index contributed by atoms with van der Waals surface area (Å²) in [5.74, 6) is 0.137. The Hall–Kier alpha value is -1.26. The van der Waals surface area contributed by atoms with Crippen LogP contribution in [0.2, 0.25) is 0 Å². The maximum atomic E-state index is 12.0. The highest BCUT2D eigenvalue weighted by atomic mass is 16.6. The van der Waals surface area contributed by atoms with Gasteiger partial charge in [-0.05, 0) is 40.5 Å². The van der Waals surface area contributed by atoms with Crippen LogP contribution in [0.15, 0.2) is 0 Å². The van der Waals surface area contributed by atoms with Crippen LogP contribution in [0.4, 0.5) is 4.79 Å². The van der Waals surface area contributed by atoms with Crippen molar-refractivity contribution in [2.24, 2.45) is 5.41 Å². The molecule has 2 aliphatic heterocycles. The number of likely N-dealkylation sites (tertiary alicyclic amines) is 1. The Morgan fingerprint density at radius 3 is 2.37 bits per heavy atom. The third kappa shape index (κ3) is 3.01. The minimum Gasteiger partial charge on any atom is -0.444 e. The molecule has 19 heavy (non-hydrogen) atoms. The van der Waals surface area contributed by atoms with Crippen LogP contribution >= 0.6 is 0 Å². The van der Waals surface area contributed by atoms with Gasteiger partial charge in [0.25, 0.3) is 0 Å². The van der Waals surface area contributed by atoms with Crippen LogP contribution in [0.3, 0.4) is 0 Å². The Morgan fingerprint density at radius 2 is 1.95 bits per heavy atom. The Kier molecular flexibility index (Phi) is 3.49. The van der Waals surface area contributed by atoms with Crippen molar-refractivity contribution in [2.75, 3.05) is 13.1 Å². The molecule has 108 valence electrons. The zero-order valence-electron chi connectivity index (χ0n) is 12.3. The molecule has 0 aromatic heterocycles. The molecule has 2 saturated heterocycles. The third-order valence-corrected chi connectivity index (χ3v) is 4.22. The minimum absolute atomic E-state index is 0.0373. The Labute approximate surface area is 114 Å². The van der Waals surface area contributed by atoms with Gasteiger partial charge in [0.05, 0.1) is 0 Å². The monoisotopic (exact) mass is 268 g/mol. The number of rotatable bonds is 0. The second-order valence-corrected chi connectivity index (χ2v) is 6.80. The van der Waals surface area contributed by atoms with Gasteiger partial charge in [-0.3, -0.25) is 4.79 Å². The highest BCUT2D eigenvalue weighted by Crippen LogP contribution is 2.41. The van der Waals surface area contributed by atoms with E-state index in [2.05, 4.69) is 12.2 Å². The number of carbonyl (C=O) groups is 2. The van der Waals surface area contributed by atoms with Gasteiger partial charge in [-0.1, -0.05) is 0 Å². The maximum Gasteiger partial charge on any atom is 0.410 e. The molecule has 0 radical (unpaired) electrons. The standard InChI is InChI=1S/C14H24N2O3/c1-10-14(9-11(17)15-10)5-7-16(8-6-14)12(18)19-13(2,3)4/h10H,5-9H2,1-4H3,(H,15,17). The number of ether oxygens (including phenoxy) is 1. The molecule has 5 heteroatoms. The maximum absolute atomic E-state index is 12.0. The summed E-state index contributed by atoms with van der Waals surface area (Å²) in [5, 5.41) is 2.99. The van der Waals surface area contributed by atoms with Crippen LogP contribution < -0.4 is 5.32 Å². The summed E-state index contributed by atoms with van der Waals surface area (Å²) in [4.78, 5) is 25.3. The number of carbonyl (C=O) groups excluding carboxylic acids is 2. The highest BCUT2D eigenvalue weighted by molar-refractivity contribution is 5.80. The third-order valence-electron chi connectivity index (χ3n) is 4.22. The van der Waals surface area contributed by atoms with Gasteiger partial charge in [0, 0.05) is 31.0 Å². The molecule has 0 aliphatic carbocycles. The van der Waals surface area contributed by atoms with Crippen molar-refractivity contribution in [3.8, 4) is 0 Å². The summed E-state index contributed by atoms with van der Waals surface area (Å²) >= 11 is 0. The topological polar surface area (TPSA) is 58.6 Å². The van der Waals surface area contributed by atoms with Crippen molar-refractivity contribution in [1.82, 2.24) is 10.2 Å². The lowest BCUT2D eigenvalue weighted by molar-refractivity contribution is -0.119. The number of nitrogens with one attached hydrogen (secondary N) is 1. The van der Waals surface area contributed by atoms with Crippen molar-refractivity contribution < 1.29 is 14.3 Å². The van der Waals surface area contributed by atoms with E-state index in [4.69, 9.17) is 4.74 Å². The van der Waals surface area contributed by atoms with Crippen molar-refractivity contribution in [3.05, 3.63) is 0 Å². The van der Waals surface area contributed by atoms with Gasteiger partial charge in [-0.15, -0.1) is 0 Å². The molecule has 0 aromatic carbocycles. The van der Waals surface area contributed by atoms with Gasteiger partial charge in [0.15, 0.2) is 0 Å². The summed E-state index contributed by atoms with van der Waals surface area (Å²) in [5.41, 5.74) is -0.417. The van der Waals surface area contributed by atoms with E-state index in [1.165, 1.54) is 0 Å². The minimum atomic E-state index is -0.454. The fraction of sp³-hybridized carbons (Fsp3) is 0.857. The zero-order chi connectivity index (χ0) is 14.3. The van der Waals surface area contributed by atoms with E-state index in [1.807, 2.05) is 20.8 Å². The number of amides is 2. The molecule has 1 N–H and O–H groups in total. The Morgan fingerprint density at radius 1 is 1.37 bits per heavy atom. The first kappa shape index (κ1) is 14.2. The first-order valence-electron chi connectivity index (χ1n) is 6.99. The van der Waals surface area contributed by atoms with Crippen LogP contribution in [0.1, 0.15) is 47.0 Å². The molecule has 2 aliphatic rings. The smallest absolute Gasteiger partial charge is 0.410 e. The number of nitrogens with zero attached hydrogens (tertiary/aromatic N) is 1. The van der Waals surface area contributed by atoms with E-state index in [-0.39, 0.29) is 23.5 Å². The molecule has 1 unspecified atom stereocenters. The molecule has 2 fully saturated rings. The average molecular weight is 268 g/mol. The van der Waals surface area contributed by atoms with Crippen LogP contribution in [0.5, 0.6) is 0 Å². The molecule has 0 aromatic rings. The summed E-state index contributed by atoms with van der Waals surface area (Å²) < 4.78 is 5.38. The van der Waals surface area contributed by atoms with Gasteiger partial charge in [0.2, 0.25) is 5.91 Å². The summed E-state index contributed by atoms with van der Waals surface area (Å²) in [6.45, 7) is 9.03. The predicted molar refractivity (Wildman–Crippen MR) is 71.7 cm³/mol. The molecule has 0 bridgehead atoms. The van der Waals surface area contributed by atoms with E-state index in [0.717, 1.165) is 12.8 Å². The summed E-state index contributed by atoms with van der Waals surface area (Å²) in [7, 11) is 0. The molecule has 0 saturated carbocycles. The van der Waals surface area contributed by atoms with E-state index in [1.54, 1.807) is 4.90 Å². The van der Waals surface area contributed by atoms with Gasteiger partial charge in [-0.2, -0.15) is 0 Å². The van der Waals surface area contributed by atoms with Crippen molar-refractivity contribution in [3.63, 3.8) is 0 Å². The fourth-order valence-electron chi connectivity index (χ4n) is 2.99. The molecular weight excluding hydrogens is 244 g/mol. The largest absolute Gasteiger partial charge is 0.444 e. The first-order chi connectivity index (χ1) is 8.72. The van der Waals surface area contributed by atoms with Crippen LogP contribution in [0.25, 0.3) is 0 Å². The van der Waals surface area contributed by atoms with E-state index >= 15 is 0 Å². The Bertz CT molecular complexity index is 379. The number of piperidine rings is 1. The lowest BCUT2D eigenvalue weighted by Crippen LogP contribution is -2.48. The van der Waals surface area contributed by atoms with Gasteiger partial charge >= 0.3 is 6.09 Å². The quantitative estimate of drug-likeness (QED) is 0.730. The molecule has 2 amide bonds. The molecule has 1 atom stereocenters. The van der Waals surface area contributed by atoms with Crippen LogP contribution in [-0.4, -0.2) is 41.6 Å². The Balaban J connectivity index is 1.92. The normalized spacial score (nSPS) is 26.4. The molecule has 2 heterocycles. The number of hydrogen-bond donors (Lipinski definition) is 1. The fourth-order valence-corrected chi connectivity index (χ4v) is 2.99. The van der Waals surface area contributed by atoms with Crippen LogP contribution in [0, 0.1) is 5.41 Å². The van der Waals surface area contributed by atoms with Crippen LogP contribution in [-0.2, 0) is 9.53 Å². The highest BCUT2D eigenvalue weighted by Gasteiger charge is 2.47. The zero-order valence-corrected chi connectivity index (χ0v) is 12.3. The molecular formula is C14H24N2O3. The van der Waals surface area contributed by atoms with Gasteiger partial charge in [0.1, 0.15) is 5.60 Å². The lowest BCUT2D eigenvalue weighted by atomic mass is 9.73. The second-order valence-electron chi connectivity index (χ2n) is 6.80. The second kappa shape index (κ2) is 4.69.